The zero-order valence-corrected chi connectivity index (χ0v) is 17.0. The van der Waals surface area contributed by atoms with Gasteiger partial charge in [-0.2, -0.15) is 0 Å². The summed E-state index contributed by atoms with van der Waals surface area (Å²) in [6.45, 7) is 8.16. The van der Waals surface area contributed by atoms with Crippen LogP contribution in [0.15, 0.2) is 12.3 Å². The molecule has 150 valence electrons. The largest absolute Gasteiger partial charge is 0.477 e. The summed E-state index contributed by atoms with van der Waals surface area (Å²) in [5.74, 6) is -0.200. The molecule has 1 amide bonds. The Balaban J connectivity index is 2.29. The summed E-state index contributed by atoms with van der Waals surface area (Å²) >= 11 is 0. The lowest BCUT2D eigenvalue weighted by molar-refractivity contribution is -0.123. The van der Waals surface area contributed by atoms with Gasteiger partial charge in [0.25, 0.3) is 0 Å². The second kappa shape index (κ2) is 9.72. The maximum atomic E-state index is 13.2. The van der Waals surface area contributed by atoms with Crippen LogP contribution in [0.1, 0.15) is 83.0 Å². The Morgan fingerprint density at radius 1 is 1.33 bits per heavy atom. The van der Waals surface area contributed by atoms with Gasteiger partial charge in [0.2, 0.25) is 5.91 Å². The molecule has 6 heteroatoms. The molecule has 0 bridgehead atoms. The Bertz CT molecular complexity index is 670. The summed E-state index contributed by atoms with van der Waals surface area (Å²) in [7, 11) is 0. The number of carbonyl (C=O) groups is 2. The van der Waals surface area contributed by atoms with E-state index in [-0.39, 0.29) is 29.2 Å². The first kappa shape index (κ1) is 21.2. The number of amides is 1. The lowest BCUT2D eigenvalue weighted by Crippen LogP contribution is -2.43. The zero-order chi connectivity index (χ0) is 20.0. The van der Waals surface area contributed by atoms with Crippen molar-refractivity contribution in [2.75, 3.05) is 4.90 Å². The van der Waals surface area contributed by atoms with Gasteiger partial charge in [0.1, 0.15) is 5.56 Å². The minimum atomic E-state index is -1.06. The molecule has 0 aromatic carbocycles. The van der Waals surface area contributed by atoms with Crippen LogP contribution in [-0.2, 0) is 4.79 Å². The van der Waals surface area contributed by atoms with E-state index in [0.717, 1.165) is 44.9 Å². The normalized spacial score (nSPS) is 20.3. The topological polar surface area (TPSA) is 75.4 Å². The summed E-state index contributed by atoms with van der Waals surface area (Å²) in [6.07, 6.45) is 12.2. The summed E-state index contributed by atoms with van der Waals surface area (Å²) in [5.41, 5.74) is 0.0707. The van der Waals surface area contributed by atoms with E-state index in [1.807, 2.05) is 19.9 Å². The lowest BCUT2D eigenvalue weighted by Gasteiger charge is -2.32. The van der Waals surface area contributed by atoms with Gasteiger partial charge >= 0.3 is 5.97 Å². The van der Waals surface area contributed by atoms with Crippen molar-refractivity contribution in [3.63, 3.8) is 0 Å². The minimum Gasteiger partial charge on any atom is -0.477 e. The smallest absolute Gasteiger partial charge is 0.341 e. The van der Waals surface area contributed by atoms with Gasteiger partial charge in [0.05, 0.1) is 0 Å². The highest BCUT2D eigenvalue weighted by Crippen LogP contribution is 2.32. The average molecular weight is 376 g/mol. The van der Waals surface area contributed by atoms with Crippen molar-refractivity contribution in [2.24, 2.45) is 11.8 Å². The molecule has 6 nitrogen and oxygen atoms in total. The Hall–Kier alpha value is -2.11. The molecule has 1 aliphatic rings. The van der Waals surface area contributed by atoms with Crippen LogP contribution in [0.4, 0.5) is 5.82 Å². The van der Waals surface area contributed by atoms with E-state index in [2.05, 4.69) is 18.9 Å². The Morgan fingerprint density at radius 3 is 2.56 bits per heavy atom. The maximum absolute atomic E-state index is 13.2. The molecule has 1 aliphatic carbocycles. The van der Waals surface area contributed by atoms with E-state index < -0.39 is 5.97 Å². The number of unbranched alkanes of at least 4 members (excludes halogenated alkanes) is 2. The van der Waals surface area contributed by atoms with E-state index in [0.29, 0.717) is 5.92 Å². The first-order chi connectivity index (χ1) is 12.8. The number of anilines is 1. The number of carboxylic acid groups (broad SMARTS) is 1. The number of hydrogen-bond donors (Lipinski definition) is 1. The van der Waals surface area contributed by atoms with Crippen LogP contribution in [-0.4, -0.2) is 32.8 Å². The van der Waals surface area contributed by atoms with E-state index in [4.69, 9.17) is 0 Å². The van der Waals surface area contributed by atoms with Gasteiger partial charge in [0, 0.05) is 24.4 Å². The van der Waals surface area contributed by atoms with E-state index >= 15 is 0 Å². The molecular weight excluding hydrogens is 342 g/mol. The van der Waals surface area contributed by atoms with E-state index in [1.165, 1.54) is 10.9 Å². The van der Waals surface area contributed by atoms with Crippen LogP contribution in [0, 0.1) is 11.8 Å². The Morgan fingerprint density at radius 2 is 2.00 bits per heavy atom. The van der Waals surface area contributed by atoms with Crippen LogP contribution >= 0.6 is 0 Å². The van der Waals surface area contributed by atoms with Crippen molar-refractivity contribution in [2.45, 2.75) is 78.7 Å². The number of carbonyl (C=O) groups excluding carboxylic acids is 1. The van der Waals surface area contributed by atoms with Crippen molar-refractivity contribution in [1.82, 2.24) is 9.78 Å². The zero-order valence-electron chi connectivity index (χ0n) is 17.0. The Kier molecular flexibility index (Phi) is 7.63. The third-order valence-electron chi connectivity index (χ3n) is 5.27. The predicted octanol–water partition coefficient (Wildman–Crippen LogP) is 4.81. The number of rotatable bonds is 8. The SMILES string of the molecule is CCCC/C=C/n1cc(C(=O)O)c(N(C(=O)C2CCC(C)CC2)C(C)C)n1. The van der Waals surface area contributed by atoms with Crippen LogP contribution in [0.5, 0.6) is 0 Å². The van der Waals surface area contributed by atoms with Gasteiger partial charge in [-0.15, -0.1) is 5.10 Å². The van der Waals surface area contributed by atoms with Gasteiger partial charge in [-0.05, 0) is 51.9 Å². The molecule has 1 aromatic heterocycles. The third-order valence-corrected chi connectivity index (χ3v) is 5.27. The molecule has 1 N–H and O–H groups in total. The Labute approximate surface area is 162 Å². The van der Waals surface area contributed by atoms with Gasteiger partial charge in [-0.1, -0.05) is 32.8 Å². The number of nitrogens with zero attached hydrogens (tertiary/aromatic N) is 3. The first-order valence-electron chi connectivity index (χ1n) is 10.2. The number of aromatic carboxylic acids is 1. The van der Waals surface area contributed by atoms with Gasteiger partial charge in [-0.3, -0.25) is 9.69 Å². The van der Waals surface area contributed by atoms with Crippen LogP contribution in [0.3, 0.4) is 0 Å². The summed E-state index contributed by atoms with van der Waals surface area (Å²) < 4.78 is 1.51. The van der Waals surface area contributed by atoms with Crippen LogP contribution in [0.2, 0.25) is 0 Å². The van der Waals surface area contributed by atoms with Crippen LogP contribution in [0.25, 0.3) is 6.20 Å². The van der Waals surface area contributed by atoms with Crippen molar-refractivity contribution in [1.29, 1.82) is 0 Å². The second-order valence-electron chi connectivity index (χ2n) is 7.94. The number of allylic oxidation sites excluding steroid dienone is 1. The molecule has 1 aromatic rings. The van der Waals surface area contributed by atoms with Gasteiger partial charge in [0.15, 0.2) is 5.82 Å². The summed E-state index contributed by atoms with van der Waals surface area (Å²) in [5, 5.41) is 14.1. The monoisotopic (exact) mass is 375 g/mol. The van der Waals surface area contributed by atoms with Crippen molar-refractivity contribution in [3.8, 4) is 0 Å². The summed E-state index contributed by atoms with van der Waals surface area (Å²) in [4.78, 5) is 26.5. The van der Waals surface area contributed by atoms with Gasteiger partial charge < -0.3 is 5.11 Å². The molecule has 0 radical (unpaired) electrons. The molecule has 0 saturated heterocycles. The fourth-order valence-corrected chi connectivity index (χ4v) is 3.60. The molecule has 2 rings (SSSR count). The minimum absolute atomic E-state index is 0.000359. The van der Waals surface area contributed by atoms with Gasteiger partial charge in [-0.25, -0.2) is 9.48 Å². The molecule has 1 heterocycles. The number of aromatic nitrogens is 2. The highest BCUT2D eigenvalue weighted by molar-refractivity contribution is 6.01. The molecule has 1 saturated carbocycles. The van der Waals surface area contributed by atoms with Crippen molar-refractivity contribution in [3.05, 3.63) is 17.8 Å². The molecule has 1 fully saturated rings. The molecular formula is C21H33N3O3. The quantitative estimate of drug-likeness (QED) is 0.662. The predicted molar refractivity (Wildman–Crippen MR) is 108 cm³/mol. The molecule has 0 spiro atoms. The standard InChI is InChI=1S/C21H33N3O3/c1-5-6-7-8-13-23-14-18(21(26)27)19(22-23)24(15(2)3)20(25)17-11-9-16(4)10-12-17/h8,13-17H,5-7,9-12H2,1-4H3,(H,26,27)/b13-8+. The molecule has 0 aliphatic heterocycles. The fraction of sp³-hybridized carbons (Fsp3) is 0.667. The second-order valence-corrected chi connectivity index (χ2v) is 7.94. The molecule has 0 unspecified atom stereocenters. The first-order valence-corrected chi connectivity index (χ1v) is 10.2. The van der Waals surface area contributed by atoms with Crippen molar-refractivity contribution >= 4 is 23.9 Å². The number of hydrogen-bond acceptors (Lipinski definition) is 3. The number of carboxylic acids is 1. The van der Waals surface area contributed by atoms with E-state index in [1.54, 1.807) is 11.1 Å². The molecule has 27 heavy (non-hydrogen) atoms. The molecule has 0 atom stereocenters. The van der Waals surface area contributed by atoms with E-state index in [9.17, 15) is 14.7 Å². The maximum Gasteiger partial charge on any atom is 0.341 e. The van der Waals surface area contributed by atoms with Crippen LogP contribution < -0.4 is 4.90 Å². The lowest BCUT2D eigenvalue weighted by atomic mass is 9.82. The highest BCUT2D eigenvalue weighted by Gasteiger charge is 2.33. The summed E-state index contributed by atoms with van der Waals surface area (Å²) in [6, 6.07) is -0.151. The van der Waals surface area contributed by atoms with Crippen molar-refractivity contribution < 1.29 is 14.7 Å². The highest BCUT2D eigenvalue weighted by atomic mass is 16.4. The average Bonchev–Trinajstić information content (AvgIpc) is 3.03. The third kappa shape index (κ3) is 5.44. The fourth-order valence-electron chi connectivity index (χ4n) is 3.60.